The fraction of sp³-hybridized carbons (Fsp3) is 0.609. The van der Waals surface area contributed by atoms with Gasteiger partial charge in [0.2, 0.25) is 0 Å². The van der Waals surface area contributed by atoms with Gasteiger partial charge in [-0.05, 0) is 51.4 Å². The van der Waals surface area contributed by atoms with Crippen molar-refractivity contribution in [3.05, 3.63) is 34.9 Å². The van der Waals surface area contributed by atoms with Gasteiger partial charge in [-0.25, -0.2) is 9.59 Å². The van der Waals surface area contributed by atoms with Crippen LogP contribution in [0.5, 0.6) is 0 Å². The van der Waals surface area contributed by atoms with Gasteiger partial charge in [0.05, 0.1) is 7.11 Å². The molecule has 0 N–H and O–H groups in total. The van der Waals surface area contributed by atoms with E-state index in [-0.39, 0.29) is 11.9 Å². The summed E-state index contributed by atoms with van der Waals surface area (Å²) in [4.78, 5) is 36.8. The van der Waals surface area contributed by atoms with Crippen molar-refractivity contribution in [2.45, 2.75) is 77.9 Å². The summed E-state index contributed by atoms with van der Waals surface area (Å²) >= 11 is 0. The standard InChI is InChI=1S/C23H32O6/c1-15(2)17-8-10-18-7-6-14-23(4,29-22(18)26)20(28-16(3)24)13-12-19(11-9-17)21(25)27-5/h7,9,11,15,20H,6,8,10,12-14H2,1-5H3/b17-9+,19-11-/t20?,23-/m0/s1. The Morgan fingerprint density at radius 2 is 1.93 bits per heavy atom. The molecule has 0 saturated heterocycles. The zero-order valence-electron chi connectivity index (χ0n) is 18.1. The molecule has 2 aliphatic heterocycles. The summed E-state index contributed by atoms with van der Waals surface area (Å²) in [6, 6.07) is 0. The third kappa shape index (κ3) is 6.05. The van der Waals surface area contributed by atoms with Crippen LogP contribution in [-0.4, -0.2) is 36.7 Å². The number of carbonyl (C=O) groups excluding carboxylic acids is 3. The van der Waals surface area contributed by atoms with Crippen molar-refractivity contribution < 1.29 is 28.6 Å². The first kappa shape index (κ1) is 22.9. The maximum absolute atomic E-state index is 12.8. The number of methoxy groups -OCH3 is 1. The molecule has 2 atom stereocenters. The molecule has 2 aliphatic rings. The minimum Gasteiger partial charge on any atom is -0.466 e. The molecule has 2 rings (SSSR count). The van der Waals surface area contributed by atoms with Crippen molar-refractivity contribution in [2.75, 3.05) is 7.11 Å². The lowest BCUT2D eigenvalue weighted by atomic mass is 9.88. The molecule has 0 fully saturated rings. The molecule has 160 valence electrons. The molecule has 0 aliphatic carbocycles. The highest BCUT2D eigenvalue weighted by Gasteiger charge is 2.42. The maximum atomic E-state index is 12.8. The smallest absolute Gasteiger partial charge is 0.334 e. The first-order valence-corrected chi connectivity index (χ1v) is 10.2. The Morgan fingerprint density at radius 1 is 1.21 bits per heavy atom. The SMILES string of the molecule is COC(=O)/C1=C\C=C(\C(C)C)CCC2=CCC[C@](C)(OC2=O)C(OC(C)=O)CC1. The van der Waals surface area contributed by atoms with Crippen molar-refractivity contribution in [1.82, 2.24) is 0 Å². The zero-order chi connectivity index (χ0) is 21.6. The van der Waals surface area contributed by atoms with Gasteiger partial charge >= 0.3 is 17.9 Å². The Labute approximate surface area is 173 Å². The number of rotatable bonds is 3. The molecule has 0 amide bonds. The van der Waals surface area contributed by atoms with Crippen molar-refractivity contribution in [1.29, 1.82) is 0 Å². The van der Waals surface area contributed by atoms with Gasteiger partial charge < -0.3 is 14.2 Å². The van der Waals surface area contributed by atoms with Crippen LogP contribution in [0.2, 0.25) is 0 Å². The topological polar surface area (TPSA) is 78.9 Å². The predicted octanol–water partition coefficient (Wildman–Crippen LogP) is 4.20. The summed E-state index contributed by atoms with van der Waals surface area (Å²) in [5.74, 6) is -0.936. The molecule has 0 radical (unpaired) electrons. The molecule has 0 spiro atoms. The van der Waals surface area contributed by atoms with Gasteiger partial charge in [-0.1, -0.05) is 37.6 Å². The molecule has 2 bridgehead atoms. The van der Waals surface area contributed by atoms with E-state index in [0.717, 1.165) is 5.57 Å². The highest BCUT2D eigenvalue weighted by atomic mass is 16.6. The minimum atomic E-state index is -0.954. The van der Waals surface area contributed by atoms with Crippen LogP contribution in [-0.2, 0) is 28.6 Å². The van der Waals surface area contributed by atoms with Crippen molar-refractivity contribution in [3.8, 4) is 0 Å². The van der Waals surface area contributed by atoms with E-state index < -0.39 is 23.6 Å². The second-order valence-corrected chi connectivity index (χ2v) is 8.19. The maximum Gasteiger partial charge on any atom is 0.334 e. The first-order chi connectivity index (χ1) is 13.7. The van der Waals surface area contributed by atoms with Crippen LogP contribution in [0.3, 0.4) is 0 Å². The number of allylic oxidation sites excluding steroid dienone is 4. The molecule has 29 heavy (non-hydrogen) atoms. The number of esters is 3. The van der Waals surface area contributed by atoms with Gasteiger partial charge in [0, 0.05) is 18.1 Å². The van der Waals surface area contributed by atoms with Crippen LogP contribution in [0.15, 0.2) is 34.9 Å². The van der Waals surface area contributed by atoms with Crippen LogP contribution in [0.25, 0.3) is 0 Å². The Balaban J connectivity index is 2.48. The summed E-state index contributed by atoms with van der Waals surface area (Å²) in [7, 11) is 1.35. The molecule has 0 aromatic rings. The molecule has 6 heteroatoms. The molecule has 2 heterocycles. The predicted molar refractivity (Wildman–Crippen MR) is 109 cm³/mol. The molecule has 0 saturated carbocycles. The average molecular weight is 405 g/mol. The third-order valence-corrected chi connectivity index (χ3v) is 5.66. The normalized spacial score (nSPS) is 29.5. The monoisotopic (exact) mass is 404 g/mol. The largest absolute Gasteiger partial charge is 0.466 e. The summed E-state index contributed by atoms with van der Waals surface area (Å²) in [5, 5.41) is 0. The van der Waals surface area contributed by atoms with E-state index in [1.807, 2.05) is 12.2 Å². The van der Waals surface area contributed by atoms with E-state index in [1.54, 1.807) is 13.0 Å². The molecule has 6 nitrogen and oxygen atoms in total. The van der Waals surface area contributed by atoms with E-state index >= 15 is 0 Å². The minimum absolute atomic E-state index is 0.275. The van der Waals surface area contributed by atoms with Gasteiger partial charge in [0.15, 0.2) is 0 Å². The first-order valence-electron chi connectivity index (χ1n) is 10.2. The Hall–Kier alpha value is -2.37. The number of carbonyl (C=O) groups is 3. The number of ether oxygens (including phenoxy) is 3. The lowest BCUT2D eigenvalue weighted by Crippen LogP contribution is -2.45. The van der Waals surface area contributed by atoms with Crippen LogP contribution >= 0.6 is 0 Å². The van der Waals surface area contributed by atoms with E-state index in [2.05, 4.69) is 13.8 Å². The number of hydrogen-bond acceptors (Lipinski definition) is 6. The number of hydrogen-bond donors (Lipinski definition) is 0. The summed E-state index contributed by atoms with van der Waals surface area (Å²) in [6.07, 6.45) is 8.20. The van der Waals surface area contributed by atoms with Gasteiger partial charge in [0.1, 0.15) is 11.7 Å². The Bertz CT molecular complexity index is 742. The molecular weight excluding hydrogens is 372 g/mol. The highest BCUT2D eigenvalue weighted by Crippen LogP contribution is 2.34. The van der Waals surface area contributed by atoms with Crippen LogP contribution in [0, 0.1) is 5.92 Å². The van der Waals surface area contributed by atoms with Gasteiger partial charge in [-0.2, -0.15) is 0 Å². The summed E-state index contributed by atoms with van der Waals surface area (Å²) in [5.41, 5.74) is 1.34. The molecule has 1 unspecified atom stereocenters. The average Bonchev–Trinajstić information content (AvgIpc) is 2.79. The lowest BCUT2D eigenvalue weighted by Gasteiger charge is -2.35. The number of fused-ring (bicyclic) bond motifs is 3. The van der Waals surface area contributed by atoms with Crippen molar-refractivity contribution >= 4 is 17.9 Å². The lowest BCUT2D eigenvalue weighted by molar-refractivity contribution is -0.181. The van der Waals surface area contributed by atoms with Gasteiger partial charge in [0.25, 0.3) is 0 Å². The Kier molecular flexibility index (Phi) is 7.82. The molecular formula is C23H32O6. The van der Waals surface area contributed by atoms with E-state index in [4.69, 9.17) is 14.2 Å². The highest BCUT2D eigenvalue weighted by molar-refractivity contribution is 5.89. The molecule has 0 aromatic carbocycles. The fourth-order valence-electron chi connectivity index (χ4n) is 3.79. The van der Waals surface area contributed by atoms with Crippen molar-refractivity contribution in [3.63, 3.8) is 0 Å². The van der Waals surface area contributed by atoms with E-state index in [9.17, 15) is 14.4 Å². The summed E-state index contributed by atoms with van der Waals surface area (Å²) < 4.78 is 16.4. The van der Waals surface area contributed by atoms with Gasteiger partial charge in [-0.3, -0.25) is 4.79 Å². The molecule has 0 aromatic heterocycles. The third-order valence-electron chi connectivity index (χ3n) is 5.66. The van der Waals surface area contributed by atoms with E-state index in [1.165, 1.54) is 14.0 Å². The van der Waals surface area contributed by atoms with Crippen LogP contribution < -0.4 is 0 Å². The zero-order valence-corrected chi connectivity index (χ0v) is 18.1. The van der Waals surface area contributed by atoms with Crippen LogP contribution in [0.1, 0.15) is 66.2 Å². The fourth-order valence-corrected chi connectivity index (χ4v) is 3.79. The van der Waals surface area contributed by atoms with E-state index in [0.29, 0.717) is 49.7 Å². The second-order valence-electron chi connectivity index (χ2n) is 8.19. The van der Waals surface area contributed by atoms with Crippen molar-refractivity contribution in [2.24, 2.45) is 5.92 Å². The quantitative estimate of drug-likeness (QED) is 0.518. The van der Waals surface area contributed by atoms with Crippen LogP contribution in [0.4, 0.5) is 0 Å². The second kappa shape index (κ2) is 9.90. The Morgan fingerprint density at radius 3 is 2.55 bits per heavy atom. The van der Waals surface area contributed by atoms with Gasteiger partial charge in [-0.15, -0.1) is 0 Å². The summed E-state index contributed by atoms with van der Waals surface area (Å²) in [6.45, 7) is 7.31.